The average Bonchev–Trinajstić information content (AvgIpc) is 3.30. The molecule has 44 heavy (non-hydrogen) atoms. The summed E-state index contributed by atoms with van der Waals surface area (Å²) in [6.45, 7) is 8.10. The summed E-state index contributed by atoms with van der Waals surface area (Å²) in [7, 11) is 0. The Hall–Kier alpha value is -4.04. The average molecular weight is 617 g/mol. The van der Waals surface area contributed by atoms with E-state index in [1.807, 2.05) is 36.4 Å². The molecule has 9 heteroatoms. The largest absolute Gasteiger partial charge is 0.514 e. The Kier molecular flexibility index (Phi) is 9.79. The van der Waals surface area contributed by atoms with Crippen LogP contribution in [0, 0.1) is 0 Å². The first-order valence-electron chi connectivity index (χ1n) is 15.4. The van der Waals surface area contributed by atoms with E-state index in [4.69, 9.17) is 26.1 Å². The van der Waals surface area contributed by atoms with Gasteiger partial charge < -0.3 is 24.7 Å². The number of benzene rings is 3. The zero-order valence-electron chi connectivity index (χ0n) is 25.9. The molecule has 0 bridgehead atoms. The maximum atomic E-state index is 12.8. The van der Waals surface area contributed by atoms with Gasteiger partial charge in [-0.3, -0.25) is 0 Å². The van der Waals surface area contributed by atoms with Gasteiger partial charge in [0.2, 0.25) is 0 Å². The van der Waals surface area contributed by atoms with E-state index >= 15 is 0 Å². The number of amides is 2. The number of fused-ring (bicyclic) bond motifs is 1. The number of para-hydroxylation sites is 1. The Balaban J connectivity index is 1.37. The molecule has 2 amide bonds. The maximum Gasteiger partial charge on any atom is 0.514 e. The molecule has 1 aromatic heterocycles. The van der Waals surface area contributed by atoms with E-state index in [2.05, 4.69) is 34.3 Å². The number of hydrogen-bond acceptors (Lipinski definition) is 5. The Bertz CT molecular complexity index is 1620. The van der Waals surface area contributed by atoms with Crippen LogP contribution in [0.25, 0.3) is 22.2 Å². The summed E-state index contributed by atoms with van der Waals surface area (Å²) in [5, 5.41) is 6.60. The van der Waals surface area contributed by atoms with Crippen LogP contribution < -0.4 is 15.4 Å². The summed E-state index contributed by atoms with van der Waals surface area (Å²) in [4.78, 5) is 30.0. The molecule has 0 saturated heterocycles. The Morgan fingerprint density at radius 1 is 1.02 bits per heavy atom. The van der Waals surface area contributed by atoms with Crippen molar-refractivity contribution in [2.24, 2.45) is 0 Å². The predicted octanol–water partition coefficient (Wildman–Crippen LogP) is 9.13. The number of imidazole rings is 1. The number of aryl methyl sites for hydroxylation is 1. The summed E-state index contributed by atoms with van der Waals surface area (Å²) in [6.07, 6.45) is 6.55. The number of anilines is 1. The van der Waals surface area contributed by atoms with Crippen molar-refractivity contribution in [1.82, 2.24) is 14.9 Å². The fraction of sp³-hybridized carbons (Fsp3) is 0.400. The Morgan fingerprint density at radius 3 is 2.45 bits per heavy atom. The minimum absolute atomic E-state index is 0.210. The van der Waals surface area contributed by atoms with Crippen LogP contribution >= 0.6 is 11.6 Å². The van der Waals surface area contributed by atoms with Gasteiger partial charge in [0.15, 0.2) is 0 Å². The molecule has 1 aliphatic rings. The predicted molar refractivity (Wildman–Crippen MR) is 176 cm³/mol. The lowest BCUT2D eigenvalue weighted by molar-refractivity contribution is 0.0207. The van der Waals surface area contributed by atoms with E-state index in [9.17, 15) is 9.59 Å². The lowest BCUT2D eigenvalue weighted by Crippen LogP contribution is -2.39. The van der Waals surface area contributed by atoms with Crippen molar-refractivity contribution in [1.29, 1.82) is 0 Å². The van der Waals surface area contributed by atoms with Gasteiger partial charge in [-0.25, -0.2) is 14.6 Å². The number of nitrogens with one attached hydrogen (secondary N) is 2. The van der Waals surface area contributed by atoms with Gasteiger partial charge in [-0.15, -0.1) is 0 Å². The Morgan fingerprint density at radius 2 is 1.75 bits per heavy atom. The fourth-order valence-electron chi connectivity index (χ4n) is 5.62. The van der Waals surface area contributed by atoms with E-state index < -0.39 is 11.8 Å². The van der Waals surface area contributed by atoms with Gasteiger partial charge in [0.05, 0.1) is 10.5 Å². The van der Waals surface area contributed by atoms with Crippen LogP contribution in [0.2, 0.25) is 5.02 Å². The number of carbonyl (C=O) groups is 2. The first kappa shape index (κ1) is 31.4. The first-order chi connectivity index (χ1) is 21.1. The minimum Gasteiger partial charge on any atom is -0.428 e. The van der Waals surface area contributed by atoms with E-state index in [0.29, 0.717) is 23.0 Å². The molecule has 3 aromatic carbocycles. The normalized spacial score (nSPS) is 13.9. The quantitative estimate of drug-likeness (QED) is 0.152. The zero-order chi connectivity index (χ0) is 31.3. The molecule has 0 radical (unpaired) electrons. The van der Waals surface area contributed by atoms with Gasteiger partial charge in [-0.1, -0.05) is 80.3 Å². The number of ether oxygens (including phenoxy) is 2. The summed E-state index contributed by atoms with van der Waals surface area (Å²) in [5.41, 5.74) is 4.35. The molecule has 1 heterocycles. The molecule has 232 valence electrons. The van der Waals surface area contributed by atoms with Crippen LogP contribution in [0.4, 0.5) is 15.3 Å². The number of aromatic nitrogens is 2. The Labute approximate surface area is 264 Å². The van der Waals surface area contributed by atoms with Gasteiger partial charge in [-0.05, 0) is 69.4 Å². The van der Waals surface area contributed by atoms with Crippen molar-refractivity contribution in [2.75, 3.05) is 5.32 Å². The molecule has 5 rings (SSSR count). The second-order valence-corrected chi connectivity index (χ2v) is 12.8. The van der Waals surface area contributed by atoms with Crippen LogP contribution in [0.1, 0.15) is 77.6 Å². The zero-order valence-corrected chi connectivity index (χ0v) is 26.7. The minimum atomic E-state index is -0.740. The van der Waals surface area contributed by atoms with Gasteiger partial charge in [0.25, 0.3) is 0 Å². The molecule has 0 unspecified atom stereocenters. The maximum absolute atomic E-state index is 12.8. The van der Waals surface area contributed by atoms with E-state index in [1.165, 1.54) is 6.42 Å². The second-order valence-electron chi connectivity index (χ2n) is 12.4. The number of carbonyl (C=O) groups excluding carboxylic acids is 2. The number of halogens is 1. The lowest BCUT2D eigenvalue weighted by Gasteiger charge is -2.22. The molecular weight excluding hydrogens is 576 g/mol. The number of rotatable bonds is 8. The second kappa shape index (κ2) is 13.7. The highest BCUT2D eigenvalue weighted by atomic mass is 35.5. The molecule has 0 atom stereocenters. The summed E-state index contributed by atoms with van der Waals surface area (Å²) in [5.74, 6) is 1.37. The molecule has 1 fully saturated rings. The van der Waals surface area contributed by atoms with Gasteiger partial charge in [0, 0.05) is 30.3 Å². The highest BCUT2D eigenvalue weighted by molar-refractivity contribution is 6.35. The number of hydrogen-bond donors (Lipinski definition) is 2. The molecular formula is C35H41ClN4O4. The molecule has 4 aromatic rings. The van der Waals surface area contributed by atoms with Crippen molar-refractivity contribution in [3.63, 3.8) is 0 Å². The highest BCUT2D eigenvalue weighted by Crippen LogP contribution is 2.32. The van der Waals surface area contributed by atoms with Crippen LogP contribution in [0.5, 0.6) is 5.75 Å². The number of urea groups is 1. The third-order valence-corrected chi connectivity index (χ3v) is 7.92. The van der Waals surface area contributed by atoms with E-state index in [-0.39, 0.29) is 12.1 Å². The lowest BCUT2D eigenvalue weighted by atomic mass is 9.96. The molecule has 0 spiro atoms. The molecule has 2 N–H and O–H groups in total. The van der Waals surface area contributed by atoms with Crippen LogP contribution in [-0.2, 0) is 17.7 Å². The number of nitrogens with zero attached hydrogens (tertiary/aromatic N) is 2. The monoisotopic (exact) mass is 616 g/mol. The standard InChI is InChI=1S/C35H41ClN4O4/c1-5-11-31-39-32-28(36)20-26(38-33(41)37-25-12-7-6-8-13-25)21-29(32)40(31)22-23-16-18-24(19-17-23)27-14-9-10-15-30(27)43-34(42)44-35(2,3)4/h9-10,14-21,25H,5-8,11-13,22H2,1-4H3,(H2,37,38,41). The summed E-state index contributed by atoms with van der Waals surface area (Å²) < 4.78 is 13.1. The smallest absolute Gasteiger partial charge is 0.428 e. The summed E-state index contributed by atoms with van der Waals surface area (Å²) >= 11 is 6.71. The van der Waals surface area contributed by atoms with Gasteiger partial charge in [-0.2, -0.15) is 0 Å². The topological polar surface area (TPSA) is 94.5 Å². The third kappa shape index (κ3) is 7.91. The van der Waals surface area contributed by atoms with Gasteiger partial charge >= 0.3 is 12.2 Å². The summed E-state index contributed by atoms with van der Waals surface area (Å²) in [6, 6.07) is 19.3. The van der Waals surface area contributed by atoms with Crippen molar-refractivity contribution in [3.8, 4) is 16.9 Å². The molecule has 0 aliphatic heterocycles. The van der Waals surface area contributed by atoms with Crippen molar-refractivity contribution in [3.05, 3.63) is 77.1 Å². The molecule has 8 nitrogen and oxygen atoms in total. The molecule has 1 aliphatic carbocycles. The highest BCUT2D eigenvalue weighted by Gasteiger charge is 2.21. The van der Waals surface area contributed by atoms with Crippen molar-refractivity contribution < 1.29 is 19.1 Å². The van der Waals surface area contributed by atoms with Crippen molar-refractivity contribution in [2.45, 2.75) is 90.8 Å². The van der Waals surface area contributed by atoms with E-state index in [1.54, 1.807) is 32.9 Å². The third-order valence-electron chi connectivity index (χ3n) is 7.63. The van der Waals surface area contributed by atoms with Gasteiger partial charge in [0.1, 0.15) is 22.7 Å². The van der Waals surface area contributed by atoms with E-state index in [0.717, 1.165) is 72.1 Å². The fourth-order valence-corrected chi connectivity index (χ4v) is 5.88. The van der Waals surface area contributed by atoms with Crippen molar-refractivity contribution >= 4 is 40.5 Å². The van der Waals surface area contributed by atoms with Crippen LogP contribution in [-0.4, -0.2) is 33.4 Å². The first-order valence-corrected chi connectivity index (χ1v) is 15.8. The molecule has 1 saturated carbocycles. The van der Waals surface area contributed by atoms with Crippen LogP contribution in [0.15, 0.2) is 60.7 Å². The SMILES string of the molecule is CCCc1nc2c(Cl)cc(NC(=O)NC3CCCCC3)cc2n1Cc1ccc(-c2ccccc2OC(=O)OC(C)(C)C)cc1. The van der Waals surface area contributed by atoms with Crippen LogP contribution in [0.3, 0.4) is 0 Å².